The van der Waals surface area contributed by atoms with E-state index in [9.17, 15) is 4.79 Å². The lowest BCUT2D eigenvalue weighted by molar-refractivity contribution is -0.116. The van der Waals surface area contributed by atoms with Gasteiger partial charge in [-0.15, -0.1) is 0 Å². The molecule has 2 aliphatic heterocycles. The summed E-state index contributed by atoms with van der Waals surface area (Å²) in [6.45, 7) is 6.50. The monoisotopic (exact) mass is 392 g/mol. The van der Waals surface area contributed by atoms with Crippen LogP contribution in [0.1, 0.15) is 36.5 Å². The van der Waals surface area contributed by atoms with Crippen LogP contribution in [0.2, 0.25) is 0 Å². The molecule has 0 bridgehead atoms. The lowest BCUT2D eigenvalue weighted by Gasteiger charge is -2.30. The SMILES string of the molecule is CC1CCN(Cc2ccc(CNC(=O)C=Cc3ccc4c(c3)OCO4)cc2)CC1. The molecule has 152 valence electrons. The van der Waals surface area contributed by atoms with Crippen LogP contribution in [0.25, 0.3) is 6.08 Å². The second kappa shape index (κ2) is 9.14. The van der Waals surface area contributed by atoms with Crippen LogP contribution < -0.4 is 14.8 Å². The minimum absolute atomic E-state index is 0.117. The molecule has 0 aromatic heterocycles. The fraction of sp³-hybridized carbons (Fsp3) is 0.375. The van der Waals surface area contributed by atoms with Gasteiger partial charge in [-0.1, -0.05) is 37.3 Å². The number of carbonyl (C=O) groups excluding carboxylic acids is 1. The first-order valence-electron chi connectivity index (χ1n) is 10.3. The highest BCUT2D eigenvalue weighted by atomic mass is 16.7. The molecular weight excluding hydrogens is 364 g/mol. The molecule has 5 nitrogen and oxygen atoms in total. The number of nitrogens with one attached hydrogen (secondary N) is 1. The Morgan fingerprint density at radius 1 is 1.07 bits per heavy atom. The smallest absolute Gasteiger partial charge is 0.244 e. The first-order chi connectivity index (χ1) is 14.2. The Morgan fingerprint density at radius 2 is 1.79 bits per heavy atom. The van der Waals surface area contributed by atoms with Crippen molar-refractivity contribution in [2.24, 2.45) is 5.92 Å². The maximum absolute atomic E-state index is 12.1. The van der Waals surface area contributed by atoms with Crippen molar-refractivity contribution < 1.29 is 14.3 Å². The minimum atomic E-state index is -0.117. The summed E-state index contributed by atoms with van der Waals surface area (Å²) in [5.74, 6) is 2.20. The zero-order chi connectivity index (χ0) is 20.1. The van der Waals surface area contributed by atoms with Gasteiger partial charge in [0.25, 0.3) is 0 Å². The van der Waals surface area contributed by atoms with Crippen LogP contribution in [0.5, 0.6) is 11.5 Å². The average molecular weight is 392 g/mol. The number of carbonyl (C=O) groups is 1. The number of hydrogen-bond donors (Lipinski definition) is 1. The number of hydrogen-bond acceptors (Lipinski definition) is 4. The molecule has 0 spiro atoms. The number of rotatable bonds is 6. The molecule has 4 rings (SSSR count). The van der Waals surface area contributed by atoms with Crippen molar-refractivity contribution in [2.45, 2.75) is 32.9 Å². The van der Waals surface area contributed by atoms with E-state index >= 15 is 0 Å². The van der Waals surface area contributed by atoms with E-state index in [2.05, 4.69) is 41.4 Å². The molecule has 2 aromatic carbocycles. The number of fused-ring (bicyclic) bond motifs is 1. The Morgan fingerprint density at radius 3 is 2.59 bits per heavy atom. The predicted molar refractivity (Wildman–Crippen MR) is 114 cm³/mol. The molecule has 2 aromatic rings. The van der Waals surface area contributed by atoms with Crippen LogP contribution in [0.15, 0.2) is 48.5 Å². The molecule has 2 heterocycles. The summed E-state index contributed by atoms with van der Waals surface area (Å²) in [5.41, 5.74) is 3.34. The first kappa shape index (κ1) is 19.5. The van der Waals surface area contributed by atoms with Crippen molar-refractivity contribution in [1.82, 2.24) is 10.2 Å². The standard InChI is InChI=1S/C24H28N2O3/c1-18-10-12-26(13-11-18)16-21-4-2-20(3-5-21)15-25-24(27)9-7-19-6-8-22-23(14-19)29-17-28-22/h2-9,14,18H,10-13,15-17H2,1H3,(H,25,27). The molecule has 0 radical (unpaired) electrons. The Balaban J connectivity index is 1.24. The van der Waals surface area contributed by atoms with E-state index in [4.69, 9.17) is 9.47 Å². The molecule has 1 fully saturated rings. The summed E-state index contributed by atoms with van der Waals surface area (Å²) in [7, 11) is 0. The molecule has 29 heavy (non-hydrogen) atoms. The molecule has 1 saturated heterocycles. The molecule has 5 heteroatoms. The summed E-state index contributed by atoms with van der Waals surface area (Å²) in [6.07, 6.45) is 5.91. The highest BCUT2D eigenvalue weighted by Crippen LogP contribution is 2.32. The van der Waals surface area contributed by atoms with Gasteiger partial charge in [0.05, 0.1) is 0 Å². The fourth-order valence-electron chi connectivity index (χ4n) is 3.68. The topological polar surface area (TPSA) is 50.8 Å². The summed E-state index contributed by atoms with van der Waals surface area (Å²) in [5, 5.41) is 2.94. The van der Waals surface area contributed by atoms with Crippen LogP contribution in [-0.4, -0.2) is 30.7 Å². The molecule has 0 aliphatic carbocycles. The normalized spacial score (nSPS) is 17.0. The number of nitrogens with zero attached hydrogens (tertiary/aromatic N) is 1. The van der Waals surface area contributed by atoms with Crippen LogP contribution in [0, 0.1) is 5.92 Å². The van der Waals surface area contributed by atoms with Gasteiger partial charge in [-0.3, -0.25) is 9.69 Å². The van der Waals surface area contributed by atoms with Gasteiger partial charge in [0.2, 0.25) is 12.7 Å². The summed E-state index contributed by atoms with van der Waals surface area (Å²) < 4.78 is 10.6. The molecular formula is C24H28N2O3. The average Bonchev–Trinajstić information content (AvgIpc) is 3.21. The van der Waals surface area contributed by atoms with Crippen molar-refractivity contribution in [1.29, 1.82) is 0 Å². The van der Waals surface area contributed by atoms with Gasteiger partial charge in [0, 0.05) is 19.2 Å². The van der Waals surface area contributed by atoms with Gasteiger partial charge in [-0.05, 0) is 66.7 Å². The first-order valence-corrected chi connectivity index (χ1v) is 10.3. The van der Waals surface area contributed by atoms with E-state index in [-0.39, 0.29) is 12.7 Å². The Bertz CT molecular complexity index is 868. The largest absolute Gasteiger partial charge is 0.454 e. The summed E-state index contributed by atoms with van der Waals surface area (Å²) in [4.78, 5) is 14.6. The van der Waals surface area contributed by atoms with Gasteiger partial charge in [0.15, 0.2) is 11.5 Å². The number of likely N-dealkylation sites (tertiary alicyclic amines) is 1. The quantitative estimate of drug-likeness (QED) is 0.756. The van der Waals surface area contributed by atoms with Crippen LogP contribution in [0.4, 0.5) is 0 Å². The molecule has 2 aliphatic rings. The Kier molecular flexibility index (Phi) is 6.15. The van der Waals surface area contributed by atoms with Crippen LogP contribution in [-0.2, 0) is 17.9 Å². The van der Waals surface area contributed by atoms with E-state index in [1.807, 2.05) is 18.2 Å². The molecule has 0 saturated carbocycles. The van der Waals surface area contributed by atoms with Gasteiger partial charge in [-0.25, -0.2) is 0 Å². The minimum Gasteiger partial charge on any atom is -0.454 e. The lowest BCUT2D eigenvalue weighted by Crippen LogP contribution is -2.32. The number of benzene rings is 2. The van der Waals surface area contributed by atoms with E-state index in [0.29, 0.717) is 12.3 Å². The van der Waals surface area contributed by atoms with E-state index in [1.165, 1.54) is 31.5 Å². The molecule has 0 unspecified atom stereocenters. The highest BCUT2D eigenvalue weighted by Gasteiger charge is 2.15. The zero-order valence-corrected chi connectivity index (χ0v) is 16.9. The third kappa shape index (κ3) is 5.39. The number of piperidine rings is 1. The zero-order valence-electron chi connectivity index (χ0n) is 16.9. The van der Waals surface area contributed by atoms with Gasteiger partial charge in [0.1, 0.15) is 0 Å². The second-order valence-electron chi connectivity index (χ2n) is 7.94. The predicted octanol–water partition coefficient (Wildman–Crippen LogP) is 3.98. The maximum atomic E-state index is 12.1. The Hall–Kier alpha value is -2.79. The third-order valence-electron chi connectivity index (χ3n) is 5.60. The maximum Gasteiger partial charge on any atom is 0.244 e. The molecule has 0 atom stereocenters. The highest BCUT2D eigenvalue weighted by molar-refractivity contribution is 5.91. The van der Waals surface area contributed by atoms with Gasteiger partial charge < -0.3 is 14.8 Å². The van der Waals surface area contributed by atoms with Crippen molar-refractivity contribution in [2.75, 3.05) is 19.9 Å². The van der Waals surface area contributed by atoms with Gasteiger partial charge >= 0.3 is 0 Å². The van der Waals surface area contributed by atoms with E-state index < -0.39 is 0 Å². The van der Waals surface area contributed by atoms with Gasteiger partial charge in [-0.2, -0.15) is 0 Å². The molecule has 1 N–H and O–H groups in total. The summed E-state index contributed by atoms with van der Waals surface area (Å²) in [6, 6.07) is 14.2. The van der Waals surface area contributed by atoms with E-state index in [1.54, 1.807) is 12.2 Å². The number of amides is 1. The second-order valence-corrected chi connectivity index (χ2v) is 7.94. The van der Waals surface area contributed by atoms with Crippen molar-refractivity contribution in [3.63, 3.8) is 0 Å². The Labute approximate surface area is 172 Å². The molecule has 1 amide bonds. The van der Waals surface area contributed by atoms with E-state index in [0.717, 1.165) is 29.3 Å². The third-order valence-corrected chi connectivity index (χ3v) is 5.60. The lowest BCUT2D eigenvalue weighted by atomic mass is 9.99. The fourth-order valence-corrected chi connectivity index (χ4v) is 3.68. The van der Waals surface area contributed by atoms with Crippen molar-refractivity contribution >= 4 is 12.0 Å². The summed E-state index contributed by atoms with van der Waals surface area (Å²) >= 11 is 0. The van der Waals surface area contributed by atoms with Crippen LogP contribution in [0.3, 0.4) is 0 Å². The van der Waals surface area contributed by atoms with Crippen LogP contribution >= 0.6 is 0 Å². The van der Waals surface area contributed by atoms with Crippen molar-refractivity contribution in [3.8, 4) is 11.5 Å². The van der Waals surface area contributed by atoms with Crippen molar-refractivity contribution in [3.05, 3.63) is 65.2 Å². The number of ether oxygens (including phenoxy) is 2.